The minimum Gasteiger partial charge on any atom is -0.480 e. The molecule has 0 radical (unpaired) electrons. The van der Waals surface area contributed by atoms with Crippen LogP contribution in [0.2, 0.25) is 0 Å². The smallest absolute Gasteiger partial charge is 0.415 e. The molecule has 1 amide bonds. The van der Waals surface area contributed by atoms with E-state index < -0.39 is 28.2 Å². The Labute approximate surface area is 163 Å². The molecule has 0 aliphatic rings. The third-order valence-electron chi connectivity index (χ3n) is 3.85. The first kappa shape index (κ1) is 20.4. The number of carbonyl (C=O) groups excluding carboxylic acids is 1. The number of halogens is 1. The molecule has 0 fully saturated rings. The van der Waals surface area contributed by atoms with E-state index >= 15 is 0 Å². The molecule has 0 aromatic heterocycles. The van der Waals surface area contributed by atoms with E-state index in [1.54, 1.807) is 30.3 Å². The molecule has 0 atom stereocenters. The number of hydrogen-bond acceptors (Lipinski definition) is 5. The molecule has 2 aromatic rings. The minimum atomic E-state index is -1.79. The van der Waals surface area contributed by atoms with Crippen molar-refractivity contribution in [3.8, 4) is 0 Å². The number of nitro groups is 1. The van der Waals surface area contributed by atoms with Gasteiger partial charge in [-0.25, -0.2) is 9.59 Å². The summed E-state index contributed by atoms with van der Waals surface area (Å²) >= 11 is 3.19. The third-order valence-corrected chi connectivity index (χ3v) is 4.34. The maximum atomic E-state index is 12.8. The van der Waals surface area contributed by atoms with Gasteiger partial charge in [0.05, 0.1) is 4.92 Å². The number of nitro benzene ring substituents is 1. The second-order valence-electron chi connectivity index (χ2n) is 6.13. The van der Waals surface area contributed by atoms with E-state index in [0.717, 1.165) is 4.90 Å². The van der Waals surface area contributed by atoms with Gasteiger partial charge in [0.15, 0.2) is 0 Å². The van der Waals surface area contributed by atoms with Crippen molar-refractivity contribution in [2.24, 2.45) is 0 Å². The lowest BCUT2D eigenvalue weighted by atomic mass is 10.0. The zero-order valence-corrected chi connectivity index (χ0v) is 16.2. The summed E-state index contributed by atoms with van der Waals surface area (Å²) in [6.07, 6.45) is -1.01. The van der Waals surface area contributed by atoms with Gasteiger partial charge in [-0.1, -0.05) is 46.3 Å². The number of amides is 1. The summed E-state index contributed by atoms with van der Waals surface area (Å²) < 4.78 is 5.69. The van der Waals surface area contributed by atoms with E-state index in [1.807, 2.05) is 0 Å². The summed E-state index contributed by atoms with van der Waals surface area (Å²) in [4.78, 5) is 36.0. The van der Waals surface area contributed by atoms with Crippen LogP contribution in [0, 0.1) is 10.1 Å². The number of hydrogen-bond donors (Lipinski definition) is 1. The standard InChI is InChI=1S/C18H17BrN2O6/c1-18(2,16(22)23)20(15-10-13(19)8-9-14(15)21(25)26)17(24)27-11-12-6-4-3-5-7-12/h3-10H,11H2,1-2H3,(H,22,23). The predicted octanol–water partition coefficient (Wildman–Crippen LogP) is 4.36. The third kappa shape index (κ3) is 4.62. The predicted molar refractivity (Wildman–Crippen MR) is 102 cm³/mol. The molecule has 0 aliphatic carbocycles. The molecule has 9 heteroatoms. The monoisotopic (exact) mass is 436 g/mol. The van der Waals surface area contributed by atoms with E-state index in [-0.39, 0.29) is 12.3 Å². The first-order valence-corrected chi connectivity index (χ1v) is 8.62. The van der Waals surface area contributed by atoms with Crippen LogP contribution in [-0.4, -0.2) is 27.6 Å². The largest absolute Gasteiger partial charge is 0.480 e. The number of carbonyl (C=O) groups is 2. The van der Waals surface area contributed by atoms with Crippen molar-refractivity contribution in [2.75, 3.05) is 4.90 Å². The first-order valence-electron chi connectivity index (χ1n) is 7.83. The Morgan fingerprint density at radius 3 is 2.41 bits per heavy atom. The fourth-order valence-electron chi connectivity index (χ4n) is 2.34. The lowest BCUT2D eigenvalue weighted by Crippen LogP contribution is -2.53. The molecule has 0 spiro atoms. The summed E-state index contributed by atoms with van der Waals surface area (Å²) in [7, 11) is 0. The van der Waals surface area contributed by atoms with Crippen LogP contribution in [0.5, 0.6) is 0 Å². The lowest BCUT2D eigenvalue weighted by Gasteiger charge is -2.33. The van der Waals surface area contributed by atoms with Gasteiger partial charge in [0.2, 0.25) is 0 Å². The van der Waals surface area contributed by atoms with Crippen molar-refractivity contribution in [1.82, 2.24) is 0 Å². The molecule has 0 saturated carbocycles. The molecule has 1 N–H and O–H groups in total. The molecule has 142 valence electrons. The fourth-order valence-corrected chi connectivity index (χ4v) is 2.69. The highest BCUT2D eigenvalue weighted by atomic mass is 79.9. The Morgan fingerprint density at radius 1 is 1.22 bits per heavy atom. The Kier molecular flexibility index (Phi) is 6.17. The van der Waals surface area contributed by atoms with Gasteiger partial charge in [0.1, 0.15) is 17.8 Å². The Bertz CT molecular complexity index is 869. The zero-order valence-electron chi connectivity index (χ0n) is 14.6. The number of aliphatic carboxylic acids is 1. The van der Waals surface area contributed by atoms with Crippen LogP contribution in [0.4, 0.5) is 16.2 Å². The first-order chi connectivity index (χ1) is 12.6. The van der Waals surface area contributed by atoms with E-state index in [2.05, 4.69) is 15.9 Å². The maximum Gasteiger partial charge on any atom is 0.415 e. The number of rotatable bonds is 6. The number of anilines is 1. The minimum absolute atomic E-state index is 0.103. The highest BCUT2D eigenvalue weighted by molar-refractivity contribution is 9.10. The average Bonchev–Trinajstić information content (AvgIpc) is 2.60. The number of benzene rings is 2. The molecule has 0 saturated heterocycles. The van der Waals surface area contributed by atoms with E-state index in [9.17, 15) is 24.8 Å². The number of carboxylic acid groups (broad SMARTS) is 1. The van der Waals surface area contributed by atoms with Gasteiger partial charge < -0.3 is 9.84 Å². The van der Waals surface area contributed by atoms with Crippen molar-refractivity contribution in [3.63, 3.8) is 0 Å². The van der Waals surface area contributed by atoms with Crippen LogP contribution in [0.25, 0.3) is 0 Å². The second-order valence-corrected chi connectivity index (χ2v) is 7.05. The highest BCUT2D eigenvalue weighted by Crippen LogP contribution is 2.36. The van der Waals surface area contributed by atoms with Crippen LogP contribution < -0.4 is 4.90 Å². The quantitative estimate of drug-likeness (QED) is 0.531. The zero-order chi connectivity index (χ0) is 20.2. The van der Waals surface area contributed by atoms with Crippen molar-refractivity contribution in [2.45, 2.75) is 26.0 Å². The normalized spacial score (nSPS) is 10.9. The molecule has 2 aromatic carbocycles. The van der Waals surface area contributed by atoms with Crippen LogP contribution >= 0.6 is 15.9 Å². The molecule has 0 bridgehead atoms. The van der Waals surface area contributed by atoms with Gasteiger partial charge in [0, 0.05) is 10.5 Å². The van der Waals surface area contributed by atoms with Crippen molar-refractivity contribution in [3.05, 3.63) is 68.7 Å². The van der Waals surface area contributed by atoms with E-state index in [1.165, 1.54) is 32.0 Å². The average molecular weight is 437 g/mol. The summed E-state index contributed by atoms with van der Waals surface area (Å²) in [6.45, 7) is 2.43. The number of nitrogens with zero attached hydrogens (tertiary/aromatic N) is 2. The van der Waals surface area contributed by atoms with Gasteiger partial charge in [-0.2, -0.15) is 0 Å². The lowest BCUT2D eigenvalue weighted by molar-refractivity contribution is -0.384. The molecular weight excluding hydrogens is 420 g/mol. The summed E-state index contributed by atoms with van der Waals surface area (Å²) in [5, 5.41) is 21.0. The van der Waals surface area contributed by atoms with Crippen molar-refractivity contribution < 1.29 is 24.4 Å². The van der Waals surface area contributed by atoms with E-state index in [0.29, 0.717) is 10.0 Å². The number of carboxylic acids is 1. The molecular formula is C18H17BrN2O6. The molecule has 0 heterocycles. The van der Waals surface area contributed by atoms with Crippen molar-refractivity contribution >= 4 is 39.4 Å². The summed E-state index contributed by atoms with van der Waals surface area (Å²) in [5.74, 6) is -1.34. The van der Waals surface area contributed by atoms with Crippen molar-refractivity contribution in [1.29, 1.82) is 0 Å². The van der Waals surface area contributed by atoms with Gasteiger partial charge >= 0.3 is 12.1 Å². The topological polar surface area (TPSA) is 110 Å². The molecule has 0 aliphatic heterocycles. The van der Waals surface area contributed by atoms with Crippen LogP contribution in [0.1, 0.15) is 19.4 Å². The van der Waals surface area contributed by atoms with E-state index in [4.69, 9.17) is 4.74 Å². The van der Waals surface area contributed by atoms with Gasteiger partial charge in [-0.3, -0.25) is 15.0 Å². The Balaban J connectivity index is 2.47. The highest BCUT2D eigenvalue weighted by Gasteiger charge is 2.43. The molecule has 8 nitrogen and oxygen atoms in total. The van der Waals surface area contributed by atoms with Gasteiger partial charge in [0.25, 0.3) is 5.69 Å². The summed E-state index contributed by atoms with van der Waals surface area (Å²) in [6, 6.07) is 12.7. The SMILES string of the molecule is CC(C)(C(=O)O)N(C(=O)OCc1ccccc1)c1cc(Br)ccc1[N+](=O)[O-]. The summed E-state index contributed by atoms with van der Waals surface area (Å²) in [5.41, 5.74) is -1.69. The second kappa shape index (κ2) is 8.17. The van der Waals surface area contributed by atoms with Gasteiger partial charge in [-0.05, 0) is 31.5 Å². The van der Waals surface area contributed by atoms with Crippen LogP contribution in [0.3, 0.4) is 0 Å². The number of ether oxygens (including phenoxy) is 1. The van der Waals surface area contributed by atoms with Crippen LogP contribution in [-0.2, 0) is 16.1 Å². The maximum absolute atomic E-state index is 12.8. The Hall–Kier alpha value is -2.94. The van der Waals surface area contributed by atoms with Gasteiger partial charge in [-0.15, -0.1) is 0 Å². The molecule has 2 rings (SSSR count). The fraction of sp³-hybridized carbons (Fsp3) is 0.222. The molecule has 27 heavy (non-hydrogen) atoms. The molecule has 0 unspecified atom stereocenters. The Morgan fingerprint density at radius 2 is 1.85 bits per heavy atom. The van der Waals surface area contributed by atoms with Crippen LogP contribution in [0.15, 0.2) is 53.0 Å².